The highest BCUT2D eigenvalue weighted by atomic mass is 14.3. The van der Waals surface area contributed by atoms with E-state index in [1.165, 1.54) is 119 Å². The van der Waals surface area contributed by atoms with Crippen molar-refractivity contribution in [3.8, 4) is 0 Å². The highest BCUT2D eigenvalue weighted by Crippen LogP contribution is 2.39. The monoisotopic (exact) mass is 613 g/mol. The van der Waals surface area contributed by atoms with Crippen molar-refractivity contribution >= 4 is 0 Å². The highest BCUT2D eigenvalue weighted by Gasteiger charge is 2.25. The fourth-order valence-electron chi connectivity index (χ4n) is 7.31. The molecule has 5 atom stereocenters. The van der Waals surface area contributed by atoms with Crippen LogP contribution in [0.5, 0.6) is 0 Å². The molecule has 2 aliphatic rings. The van der Waals surface area contributed by atoms with Gasteiger partial charge in [0.1, 0.15) is 0 Å². The summed E-state index contributed by atoms with van der Waals surface area (Å²) in [6.07, 6.45) is 21.4. The van der Waals surface area contributed by atoms with Gasteiger partial charge in [0.05, 0.1) is 0 Å². The molecule has 5 unspecified atom stereocenters. The average molecular weight is 613 g/mol. The number of unbranched alkanes of at least 4 members (excludes halogenated alkanes) is 1. The minimum absolute atomic E-state index is 0.467. The van der Waals surface area contributed by atoms with Crippen molar-refractivity contribution in [2.45, 2.75) is 193 Å². The maximum Gasteiger partial charge on any atom is -0.0111 e. The molecule has 0 spiro atoms. The van der Waals surface area contributed by atoms with Crippen molar-refractivity contribution in [3.63, 3.8) is 0 Å². The lowest BCUT2D eigenvalue weighted by Crippen LogP contribution is -2.14. The first-order chi connectivity index (χ1) is 20.4. The summed E-state index contributed by atoms with van der Waals surface area (Å²) in [6, 6.07) is 0. The summed E-state index contributed by atoms with van der Waals surface area (Å²) < 4.78 is 0. The van der Waals surface area contributed by atoms with Crippen molar-refractivity contribution in [1.82, 2.24) is 0 Å². The van der Waals surface area contributed by atoms with Gasteiger partial charge in [-0.15, -0.1) is 6.58 Å². The van der Waals surface area contributed by atoms with E-state index in [9.17, 15) is 0 Å². The van der Waals surface area contributed by atoms with Crippen LogP contribution in [-0.4, -0.2) is 0 Å². The second-order valence-corrected chi connectivity index (χ2v) is 17.2. The molecule has 2 saturated carbocycles. The van der Waals surface area contributed by atoms with Gasteiger partial charge in [-0.2, -0.15) is 0 Å². The molecule has 0 aromatic carbocycles. The molecule has 0 heteroatoms. The van der Waals surface area contributed by atoms with Crippen LogP contribution in [-0.2, 0) is 0 Å². The standard InChI is InChI=1S/C19H34.C12H24.C11H20.C2H6/c1-7-8-9-17(14-19(4,5)6)10-11-18-13-15(2)12-16(18)3;1-10(2)7-8-11(3)9-12(4,5)6;1-4-5-10-6-7-11(8-10)9(2)3;1-2/h17-18H,2-3,7-14H2,1,4-6H3;11H,1,7-9H2,2-6H3;10-11H,2,4-8H2,1,3H3;1-2H3. The normalized spacial score (nSPS) is 21.2. The van der Waals surface area contributed by atoms with Crippen molar-refractivity contribution in [2.75, 3.05) is 0 Å². The summed E-state index contributed by atoms with van der Waals surface area (Å²) in [5.41, 5.74) is 6.51. The highest BCUT2D eigenvalue weighted by molar-refractivity contribution is 5.22. The average Bonchev–Trinajstić information content (AvgIpc) is 3.50. The van der Waals surface area contributed by atoms with Gasteiger partial charge in [0.2, 0.25) is 0 Å². The van der Waals surface area contributed by atoms with Gasteiger partial charge in [0.25, 0.3) is 0 Å². The third-order valence-electron chi connectivity index (χ3n) is 9.34. The predicted molar refractivity (Wildman–Crippen MR) is 207 cm³/mol. The Bertz CT molecular complexity index is 778. The lowest BCUT2D eigenvalue weighted by Gasteiger charge is -2.27. The number of hydrogen-bond acceptors (Lipinski definition) is 0. The molecule has 0 amide bonds. The smallest absolute Gasteiger partial charge is 0.0111 e. The topological polar surface area (TPSA) is 0 Å². The van der Waals surface area contributed by atoms with Gasteiger partial charge in [0.15, 0.2) is 0 Å². The minimum Gasteiger partial charge on any atom is -0.100 e. The fourth-order valence-corrected chi connectivity index (χ4v) is 7.31. The summed E-state index contributed by atoms with van der Waals surface area (Å²) in [5.74, 6) is 4.34. The van der Waals surface area contributed by atoms with Crippen LogP contribution in [0, 0.1) is 40.4 Å². The number of rotatable bonds is 14. The molecule has 0 N–H and O–H groups in total. The molecule has 2 aliphatic carbocycles. The van der Waals surface area contributed by atoms with Gasteiger partial charge in [-0.25, -0.2) is 0 Å². The number of allylic oxidation sites excluding steroid dienone is 4. The van der Waals surface area contributed by atoms with Crippen LogP contribution < -0.4 is 0 Å². The molecular formula is C44H84. The van der Waals surface area contributed by atoms with Crippen molar-refractivity contribution < 1.29 is 0 Å². The second kappa shape index (κ2) is 24.2. The molecule has 0 saturated heterocycles. The van der Waals surface area contributed by atoms with E-state index in [4.69, 9.17) is 0 Å². The Hall–Kier alpha value is -1.04. The molecule has 0 aliphatic heterocycles. The van der Waals surface area contributed by atoms with E-state index in [2.05, 4.69) is 102 Å². The van der Waals surface area contributed by atoms with Crippen LogP contribution in [0.4, 0.5) is 0 Å². The molecule has 0 heterocycles. The summed E-state index contributed by atoms with van der Waals surface area (Å²) in [7, 11) is 0. The Labute approximate surface area is 281 Å². The fraction of sp³-hybridized carbons (Fsp3) is 0.818. The molecule has 0 radical (unpaired) electrons. The molecule has 0 aromatic rings. The van der Waals surface area contributed by atoms with E-state index in [0.29, 0.717) is 10.8 Å². The maximum absolute atomic E-state index is 4.24. The van der Waals surface area contributed by atoms with E-state index >= 15 is 0 Å². The van der Waals surface area contributed by atoms with Gasteiger partial charge < -0.3 is 0 Å². The summed E-state index contributed by atoms with van der Waals surface area (Å²) >= 11 is 0. The third kappa shape index (κ3) is 25.2. The predicted octanol–water partition coefficient (Wildman–Crippen LogP) is 15.8. The van der Waals surface area contributed by atoms with Gasteiger partial charge in [0, 0.05) is 0 Å². The zero-order valence-corrected chi connectivity index (χ0v) is 33.0. The largest absolute Gasteiger partial charge is 0.100 e. The van der Waals surface area contributed by atoms with E-state index in [1.807, 2.05) is 13.8 Å². The van der Waals surface area contributed by atoms with E-state index in [1.54, 1.807) is 0 Å². The molecule has 2 fully saturated rings. The van der Waals surface area contributed by atoms with Crippen LogP contribution in [0.3, 0.4) is 0 Å². The lowest BCUT2D eigenvalue weighted by atomic mass is 9.79. The van der Waals surface area contributed by atoms with Gasteiger partial charge in [-0.05, 0) is 125 Å². The summed E-state index contributed by atoms with van der Waals surface area (Å²) in [4.78, 5) is 0. The quantitative estimate of drug-likeness (QED) is 0.171. The third-order valence-corrected chi connectivity index (χ3v) is 9.34. The van der Waals surface area contributed by atoms with E-state index in [-0.39, 0.29) is 0 Å². The Morgan fingerprint density at radius 3 is 1.82 bits per heavy atom. The first-order valence-corrected chi connectivity index (χ1v) is 19.0. The Morgan fingerprint density at radius 2 is 1.41 bits per heavy atom. The summed E-state index contributed by atoms with van der Waals surface area (Å²) in [5, 5.41) is 0. The summed E-state index contributed by atoms with van der Waals surface area (Å²) in [6.45, 7) is 45.6. The van der Waals surface area contributed by atoms with Gasteiger partial charge >= 0.3 is 0 Å². The Morgan fingerprint density at radius 1 is 0.818 bits per heavy atom. The zero-order valence-electron chi connectivity index (χ0n) is 33.0. The van der Waals surface area contributed by atoms with E-state index < -0.39 is 0 Å². The van der Waals surface area contributed by atoms with Gasteiger partial charge in [-0.1, -0.05) is 150 Å². The second-order valence-electron chi connectivity index (χ2n) is 17.2. The van der Waals surface area contributed by atoms with Crippen molar-refractivity contribution in [1.29, 1.82) is 0 Å². The van der Waals surface area contributed by atoms with Gasteiger partial charge in [-0.3, -0.25) is 0 Å². The first-order valence-electron chi connectivity index (χ1n) is 19.0. The van der Waals surface area contributed by atoms with Crippen LogP contribution in [0.25, 0.3) is 0 Å². The van der Waals surface area contributed by atoms with Crippen LogP contribution in [0.1, 0.15) is 193 Å². The maximum atomic E-state index is 4.24. The number of hydrogen-bond donors (Lipinski definition) is 0. The molecular weight excluding hydrogens is 528 g/mol. The molecule has 44 heavy (non-hydrogen) atoms. The Balaban J connectivity index is 0. The first kappa shape index (κ1) is 45.1. The van der Waals surface area contributed by atoms with Crippen LogP contribution in [0.15, 0.2) is 48.6 Å². The lowest BCUT2D eigenvalue weighted by molar-refractivity contribution is 0.256. The van der Waals surface area contributed by atoms with Crippen LogP contribution >= 0.6 is 0 Å². The van der Waals surface area contributed by atoms with Crippen molar-refractivity contribution in [3.05, 3.63) is 48.6 Å². The molecule has 2 rings (SSSR count). The molecule has 260 valence electrons. The van der Waals surface area contributed by atoms with E-state index in [0.717, 1.165) is 36.0 Å². The SMILES string of the molecule is C=C(C)C1CCC(CCC)C1.C=C(C)CCC(C)CC(C)(C)C.C=C1CC(=C)C(CCC(CCCC)CC(C)(C)C)C1.CC. The van der Waals surface area contributed by atoms with Crippen LogP contribution in [0.2, 0.25) is 0 Å². The molecule has 0 bridgehead atoms. The zero-order chi connectivity index (χ0) is 34.5. The molecule has 0 nitrogen and oxygen atoms in total. The minimum atomic E-state index is 0.467. The van der Waals surface area contributed by atoms with Crippen molar-refractivity contribution in [2.24, 2.45) is 40.4 Å². The molecule has 0 aromatic heterocycles. The Kier molecular flexibility index (Phi) is 24.8.